The van der Waals surface area contributed by atoms with Crippen molar-refractivity contribution >= 4 is 34.9 Å². The van der Waals surface area contributed by atoms with Crippen molar-refractivity contribution in [2.45, 2.75) is 37.9 Å². The molecular formula is C28H26Cl2FNO5. The van der Waals surface area contributed by atoms with Gasteiger partial charge in [0.2, 0.25) is 0 Å². The van der Waals surface area contributed by atoms with Gasteiger partial charge in [-0.3, -0.25) is 9.59 Å². The summed E-state index contributed by atoms with van der Waals surface area (Å²) in [4.78, 5) is 24.6. The Balaban J connectivity index is 1.48. The fraction of sp³-hybridized carbons (Fsp3) is 0.286. The molecule has 3 aromatic carbocycles. The molecule has 0 saturated carbocycles. The summed E-state index contributed by atoms with van der Waals surface area (Å²) in [5, 5.41) is 14.1. The first-order valence-electron chi connectivity index (χ1n) is 11.7. The molecule has 1 aliphatic rings. The van der Waals surface area contributed by atoms with Crippen molar-refractivity contribution in [3.63, 3.8) is 0 Å². The Kier molecular flexibility index (Phi) is 8.07. The smallest absolute Gasteiger partial charge is 0.261 e. The summed E-state index contributed by atoms with van der Waals surface area (Å²) >= 11 is 12.3. The van der Waals surface area contributed by atoms with Gasteiger partial charge in [0.05, 0.1) is 22.8 Å². The Morgan fingerprint density at radius 3 is 2.51 bits per heavy atom. The summed E-state index contributed by atoms with van der Waals surface area (Å²) in [7, 11) is 1.52. The van der Waals surface area contributed by atoms with Crippen molar-refractivity contribution in [2.24, 2.45) is 0 Å². The SMILES string of the molecule is COc1ccc(C(C)(O)CCC(=O)c2ccc(OC3CCNC3=O)c(Cl)c2)cc1-c1ccc(F)c(Cl)c1. The number of aliphatic hydroxyl groups is 1. The molecule has 2 atom stereocenters. The second kappa shape index (κ2) is 11.1. The standard InChI is InChI=1S/C28H26Cl2FNO5/c1-28(35,18-5-8-24(36-2)19(15-18)16-3-6-22(31)20(29)13-16)11-9-23(33)17-4-7-25(21(30)14-17)37-26-10-12-32-27(26)34/h3-8,13-15,26,35H,9-12H2,1-2H3,(H,32,34). The van der Waals surface area contributed by atoms with Crippen LogP contribution in [0.25, 0.3) is 11.1 Å². The Bertz CT molecular complexity index is 1340. The molecule has 6 nitrogen and oxygen atoms in total. The van der Waals surface area contributed by atoms with Gasteiger partial charge in [-0.2, -0.15) is 0 Å². The number of amides is 1. The van der Waals surface area contributed by atoms with E-state index in [4.69, 9.17) is 32.7 Å². The number of rotatable bonds is 9. The largest absolute Gasteiger partial charge is 0.496 e. The van der Waals surface area contributed by atoms with E-state index in [1.807, 2.05) is 0 Å². The van der Waals surface area contributed by atoms with E-state index in [0.29, 0.717) is 46.7 Å². The van der Waals surface area contributed by atoms with Crippen LogP contribution in [0.1, 0.15) is 42.1 Å². The Hall–Kier alpha value is -3.13. The molecular weight excluding hydrogens is 520 g/mol. The second-order valence-corrected chi connectivity index (χ2v) is 9.89. The topological polar surface area (TPSA) is 84.9 Å². The number of halogens is 3. The summed E-state index contributed by atoms with van der Waals surface area (Å²) in [5.74, 6) is -0.0620. The van der Waals surface area contributed by atoms with Gasteiger partial charge in [0.1, 0.15) is 17.3 Å². The van der Waals surface area contributed by atoms with Gasteiger partial charge in [0.15, 0.2) is 11.9 Å². The second-order valence-electron chi connectivity index (χ2n) is 9.07. The normalized spacial score (nSPS) is 16.7. The number of hydrogen-bond acceptors (Lipinski definition) is 5. The minimum absolute atomic E-state index is 0.0242. The molecule has 0 radical (unpaired) electrons. The van der Waals surface area contributed by atoms with E-state index in [-0.39, 0.29) is 34.6 Å². The highest BCUT2D eigenvalue weighted by Crippen LogP contribution is 2.37. The molecule has 0 spiro atoms. The van der Waals surface area contributed by atoms with Gasteiger partial charge in [-0.15, -0.1) is 0 Å². The van der Waals surface area contributed by atoms with Crippen LogP contribution in [0.2, 0.25) is 10.0 Å². The lowest BCUT2D eigenvalue weighted by atomic mass is 9.87. The van der Waals surface area contributed by atoms with E-state index in [1.54, 1.807) is 43.3 Å². The van der Waals surface area contributed by atoms with E-state index >= 15 is 0 Å². The number of carbonyl (C=O) groups excluding carboxylic acids is 2. The summed E-state index contributed by atoms with van der Waals surface area (Å²) in [6.45, 7) is 2.17. The van der Waals surface area contributed by atoms with Gasteiger partial charge >= 0.3 is 0 Å². The quantitative estimate of drug-likeness (QED) is 0.325. The molecule has 1 heterocycles. The first-order chi connectivity index (χ1) is 17.6. The molecule has 0 aliphatic carbocycles. The lowest BCUT2D eigenvalue weighted by molar-refractivity contribution is -0.124. The zero-order valence-corrected chi connectivity index (χ0v) is 21.8. The van der Waals surface area contributed by atoms with E-state index < -0.39 is 17.5 Å². The number of ketones is 1. The zero-order valence-electron chi connectivity index (χ0n) is 20.3. The van der Waals surface area contributed by atoms with Gasteiger partial charge in [0, 0.05) is 30.5 Å². The van der Waals surface area contributed by atoms with Crippen LogP contribution in [0, 0.1) is 5.82 Å². The first kappa shape index (κ1) is 26.9. The molecule has 2 unspecified atom stereocenters. The zero-order chi connectivity index (χ0) is 26.7. The Morgan fingerprint density at radius 1 is 1.11 bits per heavy atom. The fourth-order valence-corrected chi connectivity index (χ4v) is 4.59. The van der Waals surface area contributed by atoms with Crippen LogP contribution >= 0.6 is 23.2 Å². The van der Waals surface area contributed by atoms with Crippen LogP contribution < -0.4 is 14.8 Å². The van der Waals surface area contributed by atoms with Gasteiger partial charge in [-0.25, -0.2) is 4.39 Å². The third-order valence-corrected chi connectivity index (χ3v) is 7.00. The number of methoxy groups -OCH3 is 1. The highest BCUT2D eigenvalue weighted by molar-refractivity contribution is 6.32. The maximum atomic E-state index is 13.7. The molecule has 1 fully saturated rings. The number of nitrogens with one attached hydrogen (secondary N) is 1. The molecule has 2 N–H and O–H groups in total. The summed E-state index contributed by atoms with van der Waals surface area (Å²) in [5.41, 5.74) is 0.854. The van der Waals surface area contributed by atoms with Crippen molar-refractivity contribution in [2.75, 3.05) is 13.7 Å². The predicted octanol–water partition coefficient (Wildman–Crippen LogP) is 5.95. The molecule has 1 aliphatic heterocycles. The average molecular weight is 546 g/mol. The molecule has 194 valence electrons. The van der Waals surface area contributed by atoms with Crippen LogP contribution in [0.5, 0.6) is 11.5 Å². The van der Waals surface area contributed by atoms with Crippen molar-refractivity contribution in [3.8, 4) is 22.6 Å². The van der Waals surface area contributed by atoms with Crippen LogP contribution in [0.15, 0.2) is 54.6 Å². The number of hydrogen-bond donors (Lipinski definition) is 2. The third kappa shape index (κ3) is 6.06. The minimum Gasteiger partial charge on any atom is -0.496 e. The Morgan fingerprint density at radius 2 is 1.86 bits per heavy atom. The van der Waals surface area contributed by atoms with Crippen LogP contribution in [-0.4, -0.2) is 36.6 Å². The molecule has 9 heteroatoms. The van der Waals surface area contributed by atoms with E-state index in [2.05, 4.69) is 5.32 Å². The minimum atomic E-state index is -1.34. The first-order valence-corrected chi connectivity index (χ1v) is 12.5. The third-order valence-electron chi connectivity index (χ3n) is 6.41. The monoisotopic (exact) mass is 545 g/mol. The van der Waals surface area contributed by atoms with Gasteiger partial charge in [-0.05, 0) is 66.9 Å². The Labute approximate surface area is 224 Å². The fourth-order valence-electron chi connectivity index (χ4n) is 4.18. The van der Waals surface area contributed by atoms with E-state index in [1.165, 1.54) is 25.3 Å². The lowest BCUT2D eigenvalue weighted by Crippen LogP contribution is -2.27. The van der Waals surface area contributed by atoms with E-state index in [0.717, 1.165) is 0 Å². The number of ether oxygens (including phenoxy) is 2. The van der Waals surface area contributed by atoms with Crippen molar-refractivity contribution < 1.29 is 28.6 Å². The molecule has 0 aromatic heterocycles. The van der Waals surface area contributed by atoms with Crippen LogP contribution in [0.4, 0.5) is 4.39 Å². The van der Waals surface area contributed by atoms with Crippen molar-refractivity contribution in [3.05, 3.63) is 81.6 Å². The molecule has 3 aromatic rings. The van der Waals surface area contributed by atoms with Gasteiger partial charge in [0.25, 0.3) is 5.91 Å². The summed E-state index contributed by atoms with van der Waals surface area (Å²) in [6, 6.07) is 14.2. The van der Waals surface area contributed by atoms with E-state index in [9.17, 15) is 19.1 Å². The maximum absolute atomic E-state index is 13.7. The predicted molar refractivity (Wildman–Crippen MR) is 140 cm³/mol. The molecule has 0 bridgehead atoms. The highest BCUT2D eigenvalue weighted by atomic mass is 35.5. The molecule has 4 rings (SSSR count). The number of carbonyl (C=O) groups is 2. The maximum Gasteiger partial charge on any atom is 0.261 e. The summed E-state index contributed by atoms with van der Waals surface area (Å²) in [6.07, 6.45) is 0.138. The van der Waals surface area contributed by atoms with Crippen molar-refractivity contribution in [1.82, 2.24) is 5.32 Å². The van der Waals surface area contributed by atoms with Crippen molar-refractivity contribution in [1.29, 1.82) is 0 Å². The highest BCUT2D eigenvalue weighted by Gasteiger charge is 2.28. The van der Waals surface area contributed by atoms with Gasteiger partial charge < -0.3 is 19.9 Å². The number of Topliss-reactive ketones (excluding diaryl/α,β-unsaturated/α-hetero) is 1. The summed E-state index contributed by atoms with van der Waals surface area (Å²) < 4.78 is 24.8. The molecule has 1 amide bonds. The molecule has 1 saturated heterocycles. The average Bonchev–Trinajstić information content (AvgIpc) is 3.29. The molecule has 37 heavy (non-hydrogen) atoms. The van der Waals surface area contributed by atoms with Crippen LogP contribution in [0.3, 0.4) is 0 Å². The van der Waals surface area contributed by atoms with Gasteiger partial charge in [-0.1, -0.05) is 35.3 Å². The van der Waals surface area contributed by atoms with Crippen LogP contribution in [-0.2, 0) is 10.4 Å². The number of benzene rings is 3. The lowest BCUT2D eigenvalue weighted by Gasteiger charge is -2.25.